The Morgan fingerprint density at radius 2 is 2.19 bits per heavy atom. The number of furan rings is 1. The first kappa shape index (κ1) is 11.2. The van der Waals surface area contributed by atoms with Gasteiger partial charge in [-0.1, -0.05) is 18.2 Å². The van der Waals surface area contributed by atoms with Crippen LogP contribution >= 0.6 is 0 Å². The van der Waals surface area contributed by atoms with Gasteiger partial charge in [-0.05, 0) is 31.5 Å². The van der Waals surface area contributed by atoms with Crippen molar-refractivity contribution in [1.29, 1.82) is 0 Å². The van der Waals surface area contributed by atoms with Crippen LogP contribution in [0.5, 0.6) is 0 Å². The molecule has 0 spiro atoms. The maximum absolute atomic E-state index is 5.66. The molecule has 16 heavy (non-hydrogen) atoms. The molecule has 86 valence electrons. The molecule has 0 aliphatic rings. The lowest BCUT2D eigenvalue weighted by Gasteiger charge is -2.06. The summed E-state index contributed by atoms with van der Waals surface area (Å²) in [6, 6.07) is 8.33. The largest absolute Gasteiger partial charge is 0.464 e. The summed E-state index contributed by atoms with van der Waals surface area (Å²) in [7, 11) is 0. The highest BCUT2D eigenvalue weighted by molar-refractivity contribution is 5.80. The van der Waals surface area contributed by atoms with Crippen LogP contribution in [0.2, 0.25) is 0 Å². The monoisotopic (exact) mass is 218 g/mol. The maximum Gasteiger partial charge on any atom is 0.134 e. The van der Waals surface area contributed by atoms with Gasteiger partial charge in [0.05, 0.1) is 6.26 Å². The summed E-state index contributed by atoms with van der Waals surface area (Å²) >= 11 is 0. The lowest BCUT2D eigenvalue weighted by molar-refractivity contribution is 0.594. The van der Waals surface area contributed by atoms with Crippen molar-refractivity contribution in [3.8, 4) is 0 Å². The van der Waals surface area contributed by atoms with Crippen molar-refractivity contribution in [1.82, 2.24) is 5.32 Å². The van der Waals surface area contributed by atoms with Crippen molar-refractivity contribution in [3.63, 3.8) is 0 Å². The summed E-state index contributed by atoms with van der Waals surface area (Å²) in [6.07, 6.45) is 2.82. The highest BCUT2D eigenvalue weighted by atomic mass is 16.3. The highest BCUT2D eigenvalue weighted by Gasteiger charge is 2.04. The Morgan fingerprint density at radius 3 is 3.00 bits per heavy atom. The van der Waals surface area contributed by atoms with E-state index in [-0.39, 0.29) is 6.04 Å². The van der Waals surface area contributed by atoms with E-state index in [9.17, 15) is 0 Å². The van der Waals surface area contributed by atoms with Crippen molar-refractivity contribution in [3.05, 3.63) is 36.1 Å². The van der Waals surface area contributed by atoms with E-state index in [2.05, 4.69) is 11.4 Å². The van der Waals surface area contributed by atoms with Crippen LogP contribution < -0.4 is 11.1 Å². The van der Waals surface area contributed by atoms with E-state index >= 15 is 0 Å². The molecule has 1 unspecified atom stereocenters. The molecule has 1 aromatic heterocycles. The van der Waals surface area contributed by atoms with Gasteiger partial charge in [0, 0.05) is 18.0 Å². The Kier molecular flexibility index (Phi) is 3.59. The Bertz CT molecular complexity index is 448. The van der Waals surface area contributed by atoms with E-state index in [1.165, 1.54) is 10.9 Å². The number of benzene rings is 1. The molecule has 2 rings (SSSR count). The quantitative estimate of drug-likeness (QED) is 0.754. The van der Waals surface area contributed by atoms with Crippen LogP contribution in [-0.4, -0.2) is 19.1 Å². The highest BCUT2D eigenvalue weighted by Crippen LogP contribution is 2.20. The van der Waals surface area contributed by atoms with Gasteiger partial charge in [0.2, 0.25) is 0 Å². The number of rotatable bonds is 5. The van der Waals surface area contributed by atoms with E-state index in [1.54, 1.807) is 0 Å². The van der Waals surface area contributed by atoms with Gasteiger partial charge in [0.1, 0.15) is 5.58 Å². The molecule has 0 saturated carbocycles. The molecule has 0 aliphatic carbocycles. The molecular weight excluding hydrogens is 200 g/mol. The van der Waals surface area contributed by atoms with Gasteiger partial charge in [0.15, 0.2) is 0 Å². The zero-order valence-electron chi connectivity index (χ0n) is 9.57. The van der Waals surface area contributed by atoms with Crippen LogP contribution in [0, 0.1) is 0 Å². The van der Waals surface area contributed by atoms with E-state index in [1.807, 2.05) is 31.4 Å². The number of nitrogens with two attached hydrogens (primary N) is 1. The van der Waals surface area contributed by atoms with Gasteiger partial charge in [-0.3, -0.25) is 0 Å². The zero-order valence-corrected chi connectivity index (χ0v) is 9.57. The summed E-state index contributed by atoms with van der Waals surface area (Å²) < 4.78 is 5.47. The molecule has 2 aromatic rings. The van der Waals surface area contributed by atoms with Gasteiger partial charge in [0.25, 0.3) is 0 Å². The molecule has 0 fully saturated rings. The second-order valence-electron chi connectivity index (χ2n) is 4.19. The fraction of sp³-hybridized carbons (Fsp3) is 0.385. The minimum atomic E-state index is 0.209. The lowest BCUT2D eigenvalue weighted by Crippen LogP contribution is -2.32. The number of nitrogens with one attached hydrogen (secondary N) is 1. The molecule has 3 nitrogen and oxygen atoms in total. The van der Waals surface area contributed by atoms with Gasteiger partial charge < -0.3 is 15.5 Å². The third kappa shape index (κ3) is 2.62. The van der Waals surface area contributed by atoms with Crippen LogP contribution in [0.15, 0.2) is 34.9 Å². The lowest BCUT2D eigenvalue weighted by atomic mass is 10.1. The third-order valence-electron chi connectivity index (χ3n) is 2.60. The second-order valence-corrected chi connectivity index (χ2v) is 4.19. The van der Waals surface area contributed by atoms with Crippen molar-refractivity contribution in [2.24, 2.45) is 5.73 Å². The molecule has 3 N–H and O–H groups in total. The number of para-hydroxylation sites is 1. The van der Waals surface area contributed by atoms with E-state index < -0.39 is 0 Å². The summed E-state index contributed by atoms with van der Waals surface area (Å²) in [6.45, 7) is 3.79. The molecule has 0 amide bonds. The normalized spacial score (nSPS) is 13.1. The first-order valence-corrected chi connectivity index (χ1v) is 5.69. The SMILES string of the molecule is CC(N)CNCCc1coc2ccccc12. The minimum Gasteiger partial charge on any atom is -0.464 e. The predicted octanol–water partition coefficient (Wildman–Crippen LogP) is 1.91. The molecule has 0 radical (unpaired) electrons. The molecule has 0 bridgehead atoms. The van der Waals surface area contributed by atoms with Crippen molar-refractivity contribution in [2.45, 2.75) is 19.4 Å². The molecule has 0 saturated heterocycles. The van der Waals surface area contributed by atoms with Crippen LogP contribution in [0.4, 0.5) is 0 Å². The Balaban J connectivity index is 1.94. The number of hydrogen-bond acceptors (Lipinski definition) is 3. The second kappa shape index (κ2) is 5.14. The smallest absolute Gasteiger partial charge is 0.134 e. The minimum absolute atomic E-state index is 0.209. The van der Waals surface area contributed by atoms with Crippen LogP contribution in [0.1, 0.15) is 12.5 Å². The van der Waals surface area contributed by atoms with Gasteiger partial charge in [-0.25, -0.2) is 0 Å². The first-order valence-electron chi connectivity index (χ1n) is 5.69. The molecule has 1 heterocycles. The molecule has 1 atom stereocenters. The third-order valence-corrected chi connectivity index (χ3v) is 2.60. The van der Waals surface area contributed by atoms with Crippen molar-refractivity contribution >= 4 is 11.0 Å². The molecule has 0 aliphatic heterocycles. The Morgan fingerprint density at radius 1 is 1.38 bits per heavy atom. The van der Waals surface area contributed by atoms with E-state index in [4.69, 9.17) is 10.2 Å². The van der Waals surface area contributed by atoms with Crippen LogP contribution in [-0.2, 0) is 6.42 Å². The molecule has 3 heteroatoms. The van der Waals surface area contributed by atoms with Crippen molar-refractivity contribution < 1.29 is 4.42 Å². The van der Waals surface area contributed by atoms with Gasteiger partial charge >= 0.3 is 0 Å². The van der Waals surface area contributed by atoms with Crippen LogP contribution in [0.25, 0.3) is 11.0 Å². The fourth-order valence-electron chi connectivity index (χ4n) is 1.78. The Hall–Kier alpha value is -1.32. The standard InChI is InChI=1S/C13H18N2O/c1-10(14)8-15-7-6-11-9-16-13-5-3-2-4-12(11)13/h2-5,9-10,15H,6-8,14H2,1H3. The van der Waals surface area contributed by atoms with Crippen LogP contribution in [0.3, 0.4) is 0 Å². The predicted molar refractivity (Wildman–Crippen MR) is 66.4 cm³/mol. The van der Waals surface area contributed by atoms with Crippen molar-refractivity contribution in [2.75, 3.05) is 13.1 Å². The summed E-state index contributed by atoms with van der Waals surface area (Å²) in [5, 5.41) is 4.53. The number of fused-ring (bicyclic) bond motifs is 1. The van der Waals surface area contributed by atoms with E-state index in [0.29, 0.717) is 0 Å². The summed E-state index contributed by atoms with van der Waals surface area (Å²) in [5.41, 5.74) is 7.88. The average molecular weight is 218 g/mol. The first-order chi connectivity index (χ1) is 7.77. The van der Waals surface area contributed by atoms with E-state index in [0.717, 1.165) is 25.1 Å². The fourth-order valence-corrected chi connectivity index (χ4v) is 1.78. The van der Waals surface area contributed by atoms with Gasteiger partial charge in [-0.15, -0.1) is 0 Å². The molecule has 1 aromatic carbocycles. The molecular formula is C13H18N2O. The van der Waals surface area contributed by atoms with Gasteiger partial charge in [-0.2, -0.15) is 0 Å². The average Bonchev–Trinajstić information content (AvgIpc) is 2.68. The number of hydrogen-bond donors (Lipinski definition) is 2. The maximum atomic E-state index is 5.66. The zero-order chi connectivity index (χ0) is 11.4. The summed E-state index contributed by atoms with van der Waals surface area (Å²) in [4.78, 5) is 0. The Labute approximate surface area is 95.6 Å². The topological polar surface area (TPSA) is 51.2 Å². The summed E-state index contributed by atoms with van der Waals surface area (Å²) in [5.74, 6) is 0.